The maximum absolute atomic E-state index is 12.2. The van der Waals surface area contributed by atoms with Gasteiger partial charge in [0.15, 0.2) is 0 Å². The Labute approximate surface area is 128 Å². The lowest BCUT2D eigenvalue weighted by Gasteiger charge is -2.35. The summed E-state index contributed by atoms with van der Waals surface area (Å²) in [6.07, 6.45) is 0.492. The SMILES string of the molecule is CCC1C(=O)NCC(=O)N1c1cc(OC)c(Cl)cc1OC. The lowest BCUT2D eigenvalue weighted by Crippen LogP contribution is -2.58. The van der Waals surface area contributed by atoms with Crippen molar-refractivity contribution in [1.82, 2.24) is 5.32 Å². The normalized spacial score (nSPS) is 18.5. The van der Waals surface area contributed by atoms with E-state index < -0.39 is 6.04 Å². The van der Waals surface area contributed by atoms with E-state index in [0.717, 1.165) is 0 Å². The smallest absolute Gasteiger partial charge is 0.247 e. The summed E-state index contributed by atoms with van der Waals surface area (Å²) in [5, 5.41) is 2.96. The molecule has 0 aromatic heterocycles. The Bertz CT molecular complexity index is 576. The van der Waals surface area contributed by atoms with Crippen LogP contribution in [0.25, 0.3) is 0 Å². The van der Waals surface area contributed by atoms with Gasteiger partial charge in [0.2, 0.25) is 11.8 Å². The number of amides is 2. The predicted molar refractivity (Wildman–Crippen MR) is 79.1 cm³/mol. The molecule has 0 aliphatic carbocycles. The van der Waals surface area contributed by atoms with E-state index in [-0.39, 0.29) is 18.4 Å². The highest BCUT2D eigenvalue weighted by molar-refractivity contribution is 6.32. The van der Waals surface area contributed by atoms with Crippen molar-refractivity contribution in [2.24, 2.45) is 0 Å². The summed E-state index contributed by atoms with van der Waals surface area (Å²) < 4.78 is 10.5. The molecular weight excluding hydrogens is 296 g/mol. The van der Waals surface area contributed by atoms with Crippen molar-refractivity contribution in [3.63, 3.8) is 0 Å². The van der Waals surface area contributed by atoms with E-state index in [1.165, 1.54) is 19.1 Å². The van der Waals surface area contributed by atoms with Crippen molar-refractivity contribution in [2.45, 2.75) is 19.4 Å². The number of hydrogen-bond donors (Lipinski definition) is 1. The van der Waals surface area contributed by atoms with Crippen molar-refractivity contribution < 1.29 is 19.1 Å². The first kappa shape index (κ1) is 15.4. The van der Waals surface area contributed by atoms with Crippen molar-refractivity contribution >= 4 is 29.1 Å². The predicted octanol–water partition coefficient (Wildman–Crippen LogP) is 1.60. The fraction of sp³-hybridized carbons (Fsp3) is 0.429. The van der Waals surface area contributed by atoms with Crippen LogP contribution in [0.4, 0.5) is 5.69 Å². The second-order valence-electron chi connectivity index (χ2n) is 4.56. The summed E-state index contributed by atoms with van der Waals surface area (Å²) in [6, 6.07) is 2.61. The Hall–Kier alpha value is -1.95. The van der Waals surface area contributed by atoms with Gasteiger partial charge in [-0.2, -0.15) is 0 Å². The molecule has 1 atom stereocenters. The molecule has 0 bridgehead atoms. The van der Waals surface area contributed by atoms with Gasteiger partial charge in [-0.15, -0.1) is 0 Å². The van der Waals surface area contributed by atoms with Gasteiger partial charge in [-0.05, 0) is 6.42 Å². The van der Waals surface area contributed by atoms with Crippen LogP contribution >= 0.6 is 11.6 Å². The number of piperazine rings is 1. The Balaban J connectivity index is 2.56. The summed E-state index contributed by atoms with van der Waals surface area (Å²) in [7, 11) is 2.97. The molecule has 0 saturated carbocycles. The summed E-state index contributed by atoms with van der Waals surface area (Å²) in [6.45, 7) is 1.80. The highest BCUT2D eigenvalue weighted by atomic mass is 35.5. The van der Waals surface area contributed by atoms with E-state index in [0.29, 0.717) is 28.6 Å². The van der Waals surface area contributed by atoms with E-state index in [1.807, 2.05) is 6.92 Å². The van der Waals surface area contributed by atoms with Crippen LogP contribution in [0.1, 0.15) is 13.3 Å². The molecule has 1 N–H and O–H groups in total. The minimum atomic E-state index is -0.578. The highest BCUT2D eigenvalue weighted by Gasteiger charge is 2.36. The zero-order valence-electron chi connectivity index (χ0n) is 12.1. The van der Waals surface area contributed by atoms with E-state index >= 15 is 0 Å². The third kappa shape index (κ3) is 2.76. The average molecular weight is 313 g/mol. The first-order chi connectivity index (χ1) is 10.0. The van der Waals surface area contributed by atoms with Gasteiger partial charge in [0.25, 0.3) is 0 Å². The molecule has 1 heterocycles. The molecule has 1 aliphatic heterocycles. The molecule has 114 valence electrons. The van der Waals surface area contributed by atoms with Crippen LogP contribution in [-0.2, 0) is 9.59 Å². The third-order valence-corrected chi connectivity index (χ3v) is 3.69. The van der Waals surface area contributed by atoms with Crippen LogP contribution in [0.3, 0.4) is 0 Å². The van der Waals surface area contributed by atoms with Crippen LogP contribution in [0, 0.1) is 0 Å². The summed E-state index contributed by atoms with van der Waals surface area (Å²) in [4.78, 5) is 25.7. The first-order valence-electron chi connectivity index (χ1n) is 6.54. The number of carbonyl (C=O) groups excluding carboxylic acids is 2. The fourth-order valence-corrected chi connectivity index (χ4v) is 2.59. The lowest BCUT2D eigenvalue weighted by molar-refractivity contribution is -0.131. The molecule has 1 saturated heterocycles. The Morgan fingerprint density at radius 3 is 2.52 bits per heavy atom. The van der Waals surface area contributed by atoms with Gasteiger partial charge >= 0.3 is 0 Å². The molecule has 6 nitrogen and oxygen atoms in total. The lowest BCUT2D eigenvalue weighted by atomic mass is 10.1. The van der Waals surface area contributed by atoms with Gasteiger partial charge in [0.1, 0.15) is 17.5 Å². The van der Waals surface area contributed by atoms with E-state index in [4.69, 9.17) is 21.1 Å². The number of methoxy groups -OCH3 is 2. The number of benzene rings is 1. The molecule has 1 fully saturated rings. The molecular formula is C14H17ClN2O4. The molecule has 1 aliphatic rings. The third-order valence-electron chi connectivity index (χ3n) is 3.40. The maximum Gasteiger partial charge on any atom is 0.247 e. The van der Waals surface area contributed by atoms with Gasteiger partial charge in [-0.25, -0.2) is 0 Å². The number of carbonyl (C=O) groups is 2. The van der Waals surface area contributed by atoms with E-state index in [1.54, 1.807) is 12.1 Å². The van der Waals surface area contributed by atoms with Gasteiger partial charge in [-0.1, -0.05) is 18.5 Å². The standard InChI is InChI=1S/C14H17ClN2O4/c1-4-9-14(19)16-7-13(18)17(9)10-6-11(20-2)8(15)5-12(10)21-3/h5-6,9H,4,7H2,1-3H3,(H,16,19). The van der Waals surface area contributed by atoms with Crippen molar-refractivity contribution in [3.05, 3.63) is 17.2 Å². The average Bonchev–Trinajstić information content (AvgIpc) is 2.49. The molecule has 2 amide bonds. The molecule has 1 aromatic carbocycles. The van der Waals surface area contributed by atoms with Crippen LogP contribution in [-0.4, -0.2) is 38.6 Å². The Morgan fingerprint density at radius 1 is 1.29 bits per heavy atom. The van der Waals surface area contributed by atoms with Gasteiger partial charge < -0.3 is 14.8 Å². The molecule has 1 unspecified atom stereocenters. The van der Waals surface area contributed by atoms with Crippen molar-refractivity contribution in [1.29, 1.82) is 0 Å². The topological polar surface area (TPSA) is 67.9 Å². The van der Waals surface area contributed by atoms with Crippen molar-refractivity contribution in [3.8, 4) is 11.5 Å². The first-order valence-corrected chi connectivity index (χ1v) is 6.92. The highest BCUT2D eigenvalue weighted by Crippen LogP contribution is 2.39. The minimum absolute atomic E-state index is 0.0383. The number of nitrogens with one attached hydrogen (secondary N) is 1. The number of halogens is 1. The second-order valence-corrected chi connectivity index (χ2v) is 4.97. The molecule has 0 spiro atoms. The van der Waals surface area contributed by atoms with E-state index in [2.05, 4.69) is 5.32 Å². The van der Waals surface area contributed by atoms with Crippen LogP contribution in [0.15, 0.2) is 12.1 Å². The zero-order chi connectivity index (χ0) is 15.6. The number of rotatable bonds is 4. The van der Waals surface area contributed by atoms with Crippen molar-refractivity contribution in [2.75, 3.05) is 25.7 Å². The number of ether oxygens (including phenoxy) is 2. The number of nitrogens with zero attached hydrogens (tertiary/aromatic N) is 1. The van der Waals surface area contributed by atoms with Gasteiger partial charge in [0, 0.05) is 12.1 Å². The summed E-state index contributed by atoms with van der Waals surface area (Å²) in [5.41, 5.74) is 0.477. The largest absolute Gasteiger partial charge is 0.495 e. The molecule has 0 radical (unpaired) electrons. The number of hydrogen-bond acceptors (Lipinski definition) is 4. The van der Waals surface area contributed by atoms with Crippen LogP contribution in [0.2, 0.25) is 5.02 Å². The second kappa shape index (κ2) is 6.22. The maximum atomic E-state index is 12.2. The quantitative estimate of drug-likeness (QED) is 0.917. The monoisotopic (exact) mass is 312 g/mol. The molecule has 1 aromatic rings. The minimum Gasteiger partial charge on any atom is -0.495 e. The molecule has 2 rings (SSSR count). The summed E-state index contributed by atoms with van der Waals surface area (Å²) >= 11 is 6.07. The molecule has 21 heavy (non-hydrogen) atoms. The Kier molecular flexibility index (Phi) is 4.57. The van der Waals surface area contributed by atoms with E-state index in [9.17, 15) is 9.59 Å². The summed E-state index contributed by atoms with van der Waals surface area (Å²) in [5.74, 6) is 0.445. The number of anilines is 1. The Morgan fingerprint density at radius 2 is 1.95 bits per heavy atom. The van der Waals surface area contributed by atoms with Gasteiger partial charge in [-0.3, -0.25) is 14.5 Å². The fourth-order valence-electron chi connectivity index (χ4n) is 2.36. The molecule has 7 heteroatoms. The van der Waals surface area contributed by atoms with Crippen LogP contribution in [0.5, 0.6) is 11.5 Å². The van der Waals surface area contributed by atoms with Crippen LogP contribution < -0.4 is 19.7 Å². The zero-order valence-corrected chi connectivity index (χ0v) is 12.9. The van der Waals surface area contributed by atoms with Gasteiger partial charge in [0.05, 0.1) is 31.5 Å².